The zero-order valence-corrected chi connectivity index (χ0v) is 9.97. The lowest BCUT2D eigenvalue weighted by molar-refractivity contribution is 0.820. The Bertz CT molecular complexity index is 283. The van der Waals surface area contributed by atoms with Crippen LogP contribution in [0, 0.1) is 6.92 Å². The Labute approximate surface area is 91.1 Å². The maximum Gasteiger partial charge on any atom is 0.0389 e. The van der Waals surface area contributed by atoms with Crippen LogP contribution in [0.15, 0.2) is 24.3 Å². The molecule has 0 fully saturated rings. The van der Waals surface area contributed by atoms with Crippen molar-refractivity contribution in [2.24, 2.45) is 5.73 Å². The van der Waals surface area contributed by atoms with Crippen LogP contribution in [-0.2, 0) is 0 Å². The number of hydrogen-bond donors (Lipinski definition) is 1. The predicted molar refractivity (Wildman–Crippen MR) is 65.7 cm³/mol. The van der Waals surface area contributed by atoms with Crippen molar-refractivity contribution in [1.29, 1.82) is 0 Å². The van der Waals surface area contributed by atoms with Crippen molar-refractivity contribution < 1.29 is 0 Å². The molecule has 1 nitrogen and oxygen atoms in total. The molecule has 0 bridgehead atoms. The molecule has 2 N–H and O–H groups in total. The first kappa shape index (κ1) is 11.6. The van der Waals surface area contributed by atoms with Crippen molar-refractivity contribution in [3.63, 3.8) is 0 Å². The first-order chi connectivity index (χ1) is 6.61. The average molecular weight is 209 g/mol. The van der Waals surface area contributed by atoms with Gasteiger partial charge in [-0.15, -0.1) is 0 Å². The van der Waals surface area contributed by atoms with E-state index in [0.717, 1.165) is 5.75 Å². The Hall–Kier alpha value is -0.470. The van der Waals surface area contributed by atoms with Gasteiger partial charge in [-0.3, -0.25) is 0 Å². The molecule has 1 aromatic carbocycles. The number of benzene rings is 1. The van der Waals surface area contributed by atoms with Crippen LogP contribution in [0.25, 0.3) is 0 Å². The molecule has 1 rings (SSSR count). The lowest BCUT2D eigenvalue weighted by atomic mass is 10.0. The van der Waals surface area contributed by atoms with Crippen molar-refractivity contribution in [2.45, 2.75) is 32.1 Å². The van der Waals surface area contributed by atoms with Crippen molar-refractivity contribution >= 4 is 11.8 Å². The van der Waals surface area contributed by atoms with Crippen LogP contribution < -0.4 is 5.73 Å². The minimum absolute atomic E-state index is 0.170. The fraction of sp³-hybridized carbons (Fsp3) is 0.500. The summed E-state index contributed by atoms with van der Waals surface area (Å²) >= 11 is 1.92. The molecular weight excluding hydrogens is 190 g/mol. The van der Waals surface area contributed by atoms with Crippen LogP contribution in [0.3, 0.4) is 0 Å². The summed E-state index contributed by atoms with van der Waals surface area (Å²) in [5.74, 6) is 1.00. The van der Waals surface area contributed by atoms with E-state index in [-0.39, 0.29) is 6.04 Å². The number of nitrogens with two attached hydrogens (primary N) is 1. The minimum atomic E-state index is 0.170. The summed E-state index contributed by atoms with van der Waals surface area (Å²) in [6.45, 7) is 6.53. The van der Waals surface area contributed by atoms with Gasteiger partial charge in [-0.05, 0) is 23.3 Å². The highest BCUT2D eigenvalue weighted by Crippen LogP contribution is 2.21. The van der Waals surface area contributed by atoms with E-state index in [0.29, 0.717) is 5.25 Å². The van der Waals surface area contributed by atoms with Crippen molar-refractivity contribution in [2.75, 3.05) is 5.75 Å². The highest BCUT2D eigenvalue weighted by atomic mass is 32.2. The Morgan fingerprint density at radius 1 is 1.29 bits per heavy atom. The Morgan fingerprint density at radius 3 is 2.50 bits per heavy atom. The second kappa shape index (κ2) is 5.42. The molecule has 0 aliphatic rings. The van der Waals surface area contributed by atoms with Gasteiger partial charge in [-0.2, -0.15) is 11.8 Å². The lowest BCUT2D eigenvalue weighted by Gasteiger charge is -2.15. The van der Waals surface area contributed by atoms with Crippen LogP contribution in [0.1, 0.15) is 31.0 Å². The van der Waals surface area contributed by atoms with Crippen LogP contribution in [-0.4, -0.2) is 11.0 Å². The van der Waals surface area contributed by atoms with Gasteiger partial charge in [0.2, 0.25) is 0 Å². The van der Waals surface area contributed by atoms with Gasteiger partial charge in [0.25, 0.3) is 0 Å². The highest BCUT2D eigenvalue weighted by Gasteiger charge is 2.08. The molecule has 0 saturated carbocycles. The van der Waals surface area contributed by atoms with Crippen LogP contribution in [0.2, 0.25) is 0 Å². The van der Waals surface area contributed by atoms with E-state index in [1.54, 1.807) is 0 Å². The molecule has 1 atom stereocenters. The fourth-order valence-electron chi connectivity index (χ4n) is 1.39. The lowest BCUT2D eigenvalue weighted by Crippen LogP contribution is -2.15. The quantitative estimate of drug-likeness (QED) is 0.824. The molecule has 0 radical (unpaired) electrons. The van der Waals surface area contributed by atoms with Gasteiger partial charge in [-0.1, -0.05) is 38.1 Å². The topological polar surface area (TPSA) is 26.0 Å². The molecule has 0 heterocycles. The summed E-state index contributed by atoms with van der Waals surface area (Å²) in [5.41, 5.74) is 8.70. The third kappa shape index (κ3) is 3.35. The molecule has 1 aromatic rings. The largest absolute Gasteiger partial charge is 0.323 e. The van der Waals surface area contributed by atoms with Crippen LogP contribution in [0.5, 0.6) is 0 Å². The van der Waals surface area contributed by atoms with E-state index >= 15 is 0 Å². The standard InChI is InChI=1S/C12H19NS/c1-9(2)14-8-12(13)11-7-5-4-6-10(11)3/h4-7,9,12H,8,13H2,1-3H3. The van der Waals surface area contributed by atoms with Gasteiger partial charge < -0.3 is 5.73 Å². The van der Waals surface area contributed by atoms with Crippen molar-refractivity contribution in [3.8, 4) is 0 Å². The minimum Gasteiger partial charge on any atom is -0.323 e. The summed E-state index contributed by atoms with van der Waals surface area (Å²) < 4.78 is 0. The summed E-state index contributed by atoms with van der Waals surface area (Å²) in [6.07, 6.45) is 0. The van der Waals surface area contributed by atoms with E-state index in [4.69, 9.17) is 5.73 Å². The number of aryl methyl sites for hydroxylation is 1. The fourth-order valence-corrected chi connectivity index (χ4v) is 2.16. The molecule has 78 valence electrons. The Kier molecular flexibility index (Phi) is 4.49. The number of hydrogen-bond acceptors (Lipinski definition) is 2. The van der Waals surface area contributed by atoms with E-state index in [9.17, 15) is 0 Å². The zero-order valence-electron chi connectivity index (χ0n) is 9.16. The maximum absolute atomic E-state index is 6.12. The second-order valence-electron chi connectivity index (χ2n) is 3.85. The number of thioether (sulfide) groups is 1. The molecule has 2 heteroatoms. The summed E-state index contributed by atoms with van der Waals surface area (Å²) in [6, 6.07) is 8.53. The summed E-state index contributed by atoms with van der Waals surface area (Å²) in [7, 11) is 0. The first-order valence-corrected chi connectivity index (χ1v) is 6.09. The number of rotatable bonds is 4. The monoisotopic (exact) mass is 209 g/mol. The molecule has 0 spiro atoms. The third-order valence-electron chi connectivity index (χ3n) is 2.20. The molecule has 0 amide bonds. The van der Waals surface area contributed by atoms with Gasteiger partial charge in [0.15, 0.2) is 0 Å². The molecule has 14 heavy (non-hydrogen) atoms. The first-order valence-electron chi connectivity index (χ1n) is 5.04. The average Bonchev–Trinajstić information content (AvgIpc) is 2.15. The van der Waals surface area contributed by atoms with Crippen LogP contribution in [0.4, 0.5) is 0 Å². The second-order valence-corrected chi connectivity index (χ2v) is 5.45. The van der Waals surface area contributed by atoms with Gasteiger partial charge in [-0.25, -0.2) is 0 Å². The van der Waals surface area contributed by atoms with E-state index < -0.39 is 0 Å². The van der Waals surface area contributed by atoms with E-state index in [1.165, 1.54) is 11.1 Å². The molecule has 0 aliphatic carbocycles. The Balaban J connectivity index is 2.60. The van der Waals surface area contributed by atoms with Gasteiger partial charge >= 0.3 is 0 Å². The van der Waals surface area contributed by atoms with E-state index in [2.05, 4.69) is 45.0 Å². The Morgan fingerprint density at radius 2 is 1.93 bits per heavy atom. The molecule has 0 aliphatic heterocycles. The summed E-state index contributed by atoms with van der Waals surface area (Å²) in [4.78, 5) is 0. The van der Waals surface area contributed by atoms with Gasteiger partial charge in [0, 0.05) is 11.8 Å². The van der Waals surface area contributed by atoms with Gasteiger partial charge in [0.1, 0.15) is 0 Å². The smallest absolute Gasteiger partial charge is 0.0389 e. The normalized spacial score (nSPS) is 13.2. The molecule has 0 aromatic heterocycles. The van der Waals surface area contributed by atoms with Crippen molar-refractivity contribution in [1.82, 2.24) is 0 Å². The highest BCUT2D eigenvalue weighted by molar-refractivity contribution is 7.99. The van der Waals surface area contributed by atoms with Gasteiger partial charge in [0.05, 0.1) is 0 Å². The zero-order chi connectivity index (χ0) is 10.6. The molecule has 1 unspecified atom stereocenters. The maximum atomic E-state index is 6.12. The molecule has 0 saturated heterocycles. The third-order valence-corrected chi connectivity index (χ3v) is 3.42. The molecular formula is C12H19NS. The van der Waals surface area contributed by atoms with E-state index in [1.807, 2.05) is 11.8 Å². The predicted octanol–water partition coefficient (Wildman–Crippen LogP) is 3.14. The van der Waals surface area contributed by atoms with Crippen molar-refractivity contribution in [3.05, 3.63) is 35.4 Å². The van der Waals surface area contributed by atoms with Crippen LogP contribution >= 0.6 is 11.8 Å². The SMILES string of the molecule is Cc1ccccc1C(N)CSC(C)C. The summed E-state index contributed by atoms with van der Waals surface area (Å²) in [5, 5.41) is 0.657.